The lowest BCUT2D eigenvalue weighted by Gasteiger charge is -2.07. The fraction of sp³-hybridized carbons (Fsp3) is 0.190. The van der Waals surface area contributed by atoms with Gasteiger partial charge in [-0.05, 0) is 53.9 Å². The number of benzene rings is 2. The Balaban J connectivity index is 1.55. The molecule has 0 unspecified atom stereocenters. The summed E-state index contributed by atoms with van der Waals surface area (Å²) in [5, 5.41) is 0.188. The first-order chi connectivity index (χ1) is 13.0. The highest BCUT2D eigenvalue weighted by Gasteiger charge is 2.26. The maximum Gasteiger partial charge on any atom is 0.311 e. The molecule has 0 aromatic heterocycles. The average Bonchev–Trinajstić information content (AvgIpc) is 2.95. The maximum absolute atomic E-state index is 12.0. The monoisotopic (exact) mass is 400 g/mol. The van der Waals surface area contributed by atoms with E-state index in [1.807, 2.05) is 30.3 Å². The summed E-state index contributed by atoms with van der Waals surface area (Å²) >= 11 is 7.15. The van der Waals surface area contributed by atoms with E-state index in [2.05, 4.69) is 0 Å². The molecule has 0 N–H and O–H groups in total. The molecule has 2 aromatic rings. The molecule has 6 heteroatoms. The lowest BCUT2D eigenvalue weighted by Crippen LogP contribution is -2.08. The Kier molecular flexibility index (Phi) is 6.48. The van der Waals surface area contributed by atoms with Crippen LogP contribution in [0.2, 0.25) is 5.02 Å². The van der Waals surface area contributed by atoms with Crippen molar-refractivity contribution < 1.29 is 19.1 Å². The van der Waals surface area contributed by atoms with Crippen LogP contribution in [-0.2, 0) is 20.8 Å². The molecule has 1 saturated heterocycles. The topological polar surface area (TPSA) is 60.4 Å². The van der Waals surface area contributed by atoms with Crippen LogP contribution in [0.1, 0.15) is 30.4 Å². The van der Waals surface area contributed by atoms with E-state index in [1.165, 1.54) is 11.6 Å². The number of carbonyl (C=O) groups is 3. The number of halogens is 1. The van der Waals surface area contributed by atoms with Gasteiger partial charge in [-0.1, -0.05) is 41.9 Å². The predicted octanol–water partition coefficient (Wildman–Crippen LogP) is 4.84. The molecule has 1 aliphatic heterocycles. The Hall–Kier alpha value is -2.37. The number of hydrogen-bond donors (Lipinski definition) is 0. The number of esters is 1. The summed E-state index contributed by atoms with van der Waals surface area (Å²) in [6.07, 6.45) is 3.34. The summed E-state index contributed by atoms with van der Waals surface area (Å²) in [4.78, 5) is 35.4. The van der Waals surface area contributed by atoms with E-state index in [4.69, 9.17) is 16.3 Å². The number of rotatable bonds is 6. The van der Waals surface area contributed by atoms with E-state index >= 15 is 0 Å². The van der Waals surface area contributed by atoms with Gasteiger partial charge in [-0.15, -0.1) is 0 Å². The molecule has 0 amide bonds. The lowest BCUT2D eigenvalue weighted by molar-refractivity contribution is -0.134. The van der Waals surface area contributed by atoms with Crippen molar-refractivity contribution in [1.82, 2.24) is 0 Å². The van der Waals surface area contributed by atoms with Crippen LogP contribution >= 0.6 is 23.4 Å². The Morgan fingerprint density at radius 2 is 1.93 bits per heavy atom. The zero-order valence-corrected chi connectivity index (χ0v) is 16.0. The molecule has 0 saturated carbocycles. The third-order valence-electron chi connectivity index (χ3n) is 3.98. The maximum atomic E-state index is 12.0. The summed E-state index contributed by atoms with van der Waals surface area (Å²) in [6.45, 7) is 0. The van der Waals surface area contributed by atoms with Crippen molar-refractivity contribution in [3.63, 3.8) is 0 Å². The lowest BCUT2D eigenvalue weighted by atomic mass is 10.1. The van der Waals surface area contributed by atoms with Gasteiger partial charge in [-0.2, -0.15) is 0 Å². The first kappa shape index (κ1) is 19.4. The van der Waals surface area contributed by atoms with Crippen molar-refractivity contribution in [2.24, 2.45) is 0 Å². The van der Waals surface area contributed by atoms with Gasteiger partial charge in [0.05, 0.1) is 16.3 Å². The van der Waals surface area contributed by atoms with E-state index in [0.29, 0.717) is 34.1 Å². The summed E-state index contributed by atoms with van der Waals surface area (Å²) < 4.78 is 5.33. The third kappa shape index (κ3) is 5.55. The number of ketones is 1. The molecule has 27 heavy (non-hydrogen) atoms. The van der Waals surface area contributed by atoms with Crippen molar-refractivity contribution in [3.8, 4) is 5.75 Å². The molecule has 0 aliphatic carbocycles. The van der Waals surface area contributed by atoms with Gasteiger partial charge in [-0.25, -0.2) is 0 Å². The second-order valence-corrected chi connectivity index (χ2v) is 7.59. The van der Waals surface area contributed by atoms with Gasteiger partial charge in [-0.3, -0.25) is 14.4 Å². The molecule has 4 nitrogen and oxygen atoms in total. The van der Waals surface area contributed by atoms with Crippen LogP contribution < -0.4 is 4.74 Å². The van der Waals surface area contributed by atoms with Gasteiger partial charge in [0.1, 0.15) is 5.75 Å². The van der Waals surface area contributed by atoms with Crippen molar-refractivity contribution >= 4 is 46.3 Å². The van der Waals surface area contributed by atoms with Crippen LogP contribution in [0.25, 0.3) is 6.08 Å². The second kappa shape index (κ2) is 9.02. The number of carbonyl (C=O) groups excluding carboxylic acids is 3. The van der Waals surface area contributed by atoms with Crippen LogP contribution in [0, 0.1) is 0 Å². The SMILES string of the molecule is O=C(CCCc1ccccc1)Oc1ccc(/C=C2\SC(=O)CC2=O)c(Cl)c1. The Morgan fingerprint density at radius 3 is 2.59 bits per heavy atom. The number of thioether (sulfide) groups is 1. The molecule has 1 heterocycles. The van der Waals surface area contributed by atoms with E-state index < -0.39 is 0 Å². The van der Waals surface area contributed by atoms with Gasteiger partial charge < -0.3 is 4.74 Å². The van der Waals surface area contributed by atoms with Crippen LogP contribution in [0.15, 0.2) is 53.4 Å². The molecule has 0 radical (unpaired) electrons. The summed E-state index contributed by atoms with van der Waals surface area (Å²) in [5.74, 6) is -0.163. The minimum Gasteiger partial charge on any atom is -0.426 e. The van der Waals surface area contributed by atoms with E-state index in [1.54, 1.807) is 18.2 Å². The first-order valence-corrected chi connectivity index (χ1v) is 9.70. The second-order valence-electron chi connectivity index (χ2n) is 6.08. The van der Waals surface area contributed by atoms with Crippen molar-refractivity contribution in [2.75, 3.05) is 0 Å². The third-order valence-corrected chi connectivity index (χ3v) is 5.25. The molecular weight excluding hydrogens is 384 g/mol. The average molecular weight is 401 g/mol. The molecular formula is C21H17ClO4S. The fourth-order valence-corrected chi connectivity index (χ4v) is 3.68. The van der Waals surface area contributed by atoms with E-state index in [9.17, 15) is 14.4 Å². The standard InChI is InChI=1S/C21H17ClO4S/c22-17-12-16(10-9-15(17)11-19-18(23)13-21(25)27-19)26-20(24)8-4-7-14-5-2-1-3-6-14/h1-3,5-6,9-12H,4,7-8,13H2/b19-11-. The molecule has 3 rings (SSSR count). The van der Waals surface area contributed by atoms with Gasteiger partial charge >= 0.3 is 5.97 Å². The van der Waals surface area contributed by atoms with E-state index in [-0.39, 0.29) is 23.3 Å². The number of hydrogen-bond acceptors (Lipinski definition) is 5. The van der Waals surface area contributed by atoms with Crippen LogP contribution in [-0.4, -0.2) is 16.9 Å². The van der Waals surface area contributed by atoms with Crippen molar-refractivity contribution in [2.45, 2.75) is 25.7 Å². The van der Waals surface area contributed by atoms with Gasteiger partial charge in [0.15, 0.2) is 5.78 Å². The molecule has 0 bridgehead atoms. The highest BCUT2D eigenvalue weighted by atomic mass is 35.5. The molecule has 0 spiro atoms. The fourth-order valence-electron chi connectivity index (χ4n) is 2.64. The van der Waals surface area contributed by atoms with Gasteiger partial charge in [0.25, 0.3) is 0 Å². The minimum absolute atomic E-state index is 0.0766. The smallest absolute Gasteiger partial charge is 0.311 e. The number of Topliss-reactive ketones (excluding diaryl/α,β-unsaturated/α-hetero) is 1. The molecule has 1 aliphatic rings. The Labute approximate surface area is 166 Å². The van der Waals surface area contributed by atoms with Crippen LogP contribution in [0.5, 0.6) is 5.75 Å². The Morgan fingerprint density at radius 1 is 1.15 bits per heavy atom. The Bertz CT molecular complexity index is 906. The first-order valence-electron chi connectivity index (χ1n) is 8.51. The number of allylic oxidation sites excluding steroid dienone is 1. The largest absolute Gasteiger partial charge is 0.426 e. The quantitative estimate of drug-likeness (QED) is 0.300. The van der Waals surface area contributed by atoms with Crippen LogP contribution in [0.3, 0.4) is 0 Å². The minimum atomic E-state index is -0.319. The zero-order chi connectivity index (χ0) is 19.2. The highest BCUT2D eigenvalue weighted by molar-refractivity contribution is 8.18. The summed E-state index contributed by atoms with van der Waals surface area (Å²) in [5.41, 5.74) is 1.79. The molecule has 2 aromatic carbocycles. The summed E-state index contributed by atoms with van der Waals surface area (Å²) in [6, 6.07) is 14.8. The number of ether oxygens (including phenoxy) is 1. The van der Waals surface area contributed by atoms with Crippen molar-refractivity contribution in [1.29, 1.82) is 0 Å². The predicted molar refractivity (Wildman–Crippen MR) is 107 cm³/mol. The van der Waals surface area contributed by atoms with Gasteiger partial charge in [0.2, 0.25) is 5.12 Å². The van der Waals surface area contributed by atoms with Crippen LogP contribution in [0.4, 0.5) is 0 Å². The number of aryl methyl sites for hydroxylation is 1. The molecule has 0 atom stereocenters. The normalized spacial score (nSPS) is 15.4. The van der Waals surface area contributed by atoms with Gasteiger partial charge in [0, 0.05) is 12.5 Å². The van der Waals surface area contributed by atoms with E-state index in [0.717, 1.165) is 18.2 Å². The summed E-state index contributed by atoms with van der Waals surface area (Å²) in [7, 11) is 0. The zero-order valence-electron chi connectivity index (χ0n) is 14.4. The molecule has 1 fully saturated rings. The molecule has 138 valence electrons. The highest BCUT2D eigenvalue weighted by Crippen LogP contribution is 2.33. The van der Waals surface area contributed by atoms with Crippen molar-refractivity contribution in [3.05, 3.63) is 69.6 Å².